The average molecular weight is 433 g/mol. The van der Waals surface area contributed by atoms with Crippen LogP contribution in [0.25, 0.3) is 16.6 Å². The number of nitrogens with one attached hydrogen (secondary N) is 1. The van der Waals surface area contributed by atoms with Gasteiger partial charge in [0.05, 0.1) is 28.6 Å². The van der Waals surface area contributed by atoms with Gasteiger partial charge in [-0.05, 0) is 50.2 Å². The highest BCUT2D eigenvalue weighted by Gasteiger charge is 2.14. The molecule has 0 saturated carbocycles. The van der Waals surface area contributed by atoms with E-state index in [0.29, 0.717) is 27.5 Å². The summed E-state index contributed by atoms with van der Waals surface area (Å²) in [4.78, 5) is 30.1. The number of fused-ring (bicyclic) bond motifs is 1. The average Bonchev–Trinajstić information content (AvgIpc) is 3.18. The Labute approximate surface area is 182 Å². The molecule has 0 aliphatic carbocycles. The number of benzene rings is 2. The monoisotopic (exact) mass is 432 g/mol. The van der Waals surface area contributed by atoms with Crippen LogP contribution >= 0.6 is 11.8 Å². The van der Waals surface area contributed by atoms with E-state index in [4.69, 9.17) is 4.42 Å². The molecule has 2 aromatic heterocycles. The molecule has 2 heterocycles. The molecule has 0 unspecified atom stereocenters. The Hall–Kier alpha value is -3.65. The third-order valence-electron chi connectivity index (χ3n) is 4.51. The number of rotatable bonds is 6. The van der Waals surface area contributed by atoms with Crippen LogP contribution in [0.1, 0.15) is 17.1 Å². The molecule has 0 aliphatic rings. The molecule has 2 aromatic carbocycles. The molecule has 0 fully saturated rings. The van der Waals surface area contributed by atoms with Crippen molar-refractivity contribution in [3.8, 4) is 5.69 Å². The molecule has 0 bridgehead atoms. The Balaban J connectivity index is 1.58. The van der Waals surface area contributed by atoms with E-state index in [0.717, 1.165) is 11.3 Å². The van der Waals surface area contributed by atoms with Gasteiger partial charge in [0.15, 0.2) is 5.16 Å². The van der Waals surface area contributed by atoms with Crippen molar-refractivity contribution in [1.82, 2.24) is 15.0 Å². The summed E-state index contributed by atoms with van der Waals surface area (Å²) in [5.41, 5.74) is 4.66. The normalized spacial score (nSPS) is 11.3. The summed E-state index contributed by atoms with van der Waals surface area (Å²) in [5, 5.41) is 4.87. The molecular weight excluding hydrogens is 412 g/mol. The molecule has 156 valence electrons. The first-order valence-electron chi connectivity index (χ1n) is 9.61. The molecule has 1 N–H and O–H groups in total. The number of nitrogens with zero attached hydrogens (tertiary/aromatic N) is 3. The highest BCUT2D eigenvalue weighted by Crippen LogP contribution is 2.21. The van der Waals surface area contributed by atoms with Crippen molar-refractivity contribution in [2.24, 2.45) is 5.10 Å². The standard InChI is InChI=1S/C23H20N4O3S/c1-15-7-10-17(11-8-15)27-22(29)19-5-3-4-6-20(19)25-23(27)31-14-21(28)26-24-13-18-12-9-16(2)30-18/h3-13H,14H2,1-2H3,(H,26,28)/b24-13-. The van der Waals surface area contributed by atoms with Crippen LogP contribution < -0.4 is 11.0 Å². The zero-order chi connectivity index (χ0) is 21.8. The van der Waals surface area contributed by atoms with Crippen molar-refractivity contribution in [1.29, 1.82) is 0 Å². The topological polar surface area (TPSA) is 89.5 Å². The van der Waals surface area contributed by atoms with Gasteiger partial charge in [-0.2, -0.15) is 5.10 Å². The van der Waals surface area contributed by atoms with Gasteiger partial charge in [-0.25, -0.2) is 10.4 Å². The number of carbonyl (C=O) groups is 1. The summed E-state index contributed by atoms with van der Waals surface area (Å²) in [6.45, 7) is 3.81. The Morgan fingerprint density at radius 2 is 1.90 bits per heavy atom. The third kappa shape index (κ3) is 4.75. The SMILES string of the molecule is Cc1ccc(-n2c(SCC(=O)N/N=C\c3ccc(C)o3)nc3ccccc3c2=O)cc1. The maximum absolute atomic E-state index is 13.2. The van der Waals surface area contributed by atoms with Crippen molar-refractivity contribution in [3.05, 3.63) is 88.1 Å². The Bertz CT molecular complexity index is 1320. The number of hydrogen-bond donors (Lipinski definition) is 1. The molecule has 0 saturated heterocycles. The Morgan fingerprint density at radius 3 is 2.65 bits per heavy atom. The maximum Gasteiger partial charge on any atom is 0.266 e. The number of aromatic nitrogens is 2. The smallest absolute Gasteiger partial charge is 0.266 e. The first kappa shape index (κ1) is 20.6. The van der Waals surface area contributed by atoms with Crippen LogP contribution in [0.2, 0.25) is 0 Å². The van der Waals surface area contributed by atoms with Crippen molar-refractivity contribution in [2.75, 3.05) is 5.75 Å². The zero-order valence-corrected chi connectivity index (χ0v) is 17.8. The van der Waals surface area contributed by atoms with E-state index in [9.17, 15) is 9.59 Å². The third-order valence-corrected chi connectivity index (χ3v) is 5.45. The Kier molecular flexibility index (Phi) is 5.99. The number of thioether (sulfide) groups is 1. The van der Waals surface area contributed by atoms with Gasteiger partial charge in [0.2, 0.25) is 0 Å². The minimum atomic E-state index is -0.317. The number of hydrogen-bond acceptors (Lipinski definition) is 6. The van der Waals surface area contributed by atoms with E-state index in [-0.39, 0.29) is 17.2 Å². The van der Waals surface area contributed by atoms with Crippen LogP contribution in [0, 0.1) is 13.8 Å². The number of aryl methyl sites for hydroxylation is 2. The molecule has 0 spiro atoms. The summed E-state index contributed by atoms with van der Waals surface area (Å²) in [5.74, 6) is 1.04. The lowest BCUT2D eigenvalue weighted by molar-refractivity contribution is -0.118. The number of furan rings is 1. The molecule has 0 radical (unpaired) electrons. The molecule has 31 heavy (non-hydrogen) atoms. The molecular formula is C23H20N4O3S. The fourth-order valence-corrected chi connectivity index (χ4v) is 3.79. The second-order valence-corrected chi connectivity index (χ2v) is 7.86. The summed E-state index contributed by atoms with van der Waals surface area (Å²) in [6, 6.07) is 18.4. The molecule has 1 amide bonds. The van der Waals surface area contributed by atoms with Crippen LogP contribution in [-0.4, -0.2) is 27.4 Å². The molecule has 4 aromatic rings. The van der Waals surface area contributed by atoms with Crippen molar-refractivity contribution in [3.63, 3.8) is 0 Å². The molecule has 0 atom stereocenters. The fraction of sp³-hybridized carbons (Fsp3) is 0.130. The predicted molar refractivity (Wildman–Crippen MR) is 122 cm³/mol. The minimum Gasteiger partial charge on any atom is -0.460 e. The quantitative estimate of drug-likeness (QED) is 0.216. The van der Waals surface area contributed by atoms with Crippen molar-refractivity contribution < 1.29 is 9.21 Å². The molecule has 0 aliphatic heterocycles. The summed E-state index contributed by atoms with van der Waals surface area (Å²) in [7, 11) is 0. The summed E-state index contributed by atoms with van der Waals surface area (Å²) >= 11 is 1.18. The first-order chi connectivity index (χ1) is 15.0. The van der Waals surface area contributed by atoms with Gasteiger partial charge in [0.25, 0.3) is 11.5 Å². The fourth-order valence-electron chi connectivity index (χ4n) is 2.98. The van der Waals surface area contributed by atoms with E-state index in [1.165, 1.54) is 22.5 Å². The van der Waals surface area contributed by atoms with Gasteiger partial charge >= 0.3 is 0 Å². The van der Waals surface area contributed by atoms with Crippen LogP contribution in [0.5, 0.6) is 0 Å². The van der Waals surface area contributed by atoms with Gasteiger partial charge < -0.3 is 4.42 Å². The lowest BCUT2D eigenvalue weighted by atomic mass is 10.2. The highest BCUT2D eigenvalue weighted by atomic mass is 32.2. The second-order valence-electron chi connectivity index (χ2n) is 6.92. The van der Waals surface area contributed by atoms with Gasteiger partial charge in [-0.1, -0.05) is 41.6 Å². The van der Waals surface area contributed by atoms with Gasteiger partial charge in [-0.15, -0.1) is 0 Å². The Morgan fingerprint density at radius 1 is 1.13 bits per heavy atom. The van der Waals surface area contributed by atoms with Crippen LogP contribution in [0.15, 0.2) is 80.1 Å². The van der Waals surface area contributed by atoms with Gasteiger partial charge in [-0.3, -0.25) is 14.2 Å². The van der Waals surface area contributed by atoms with E-state index in [1.54, 1.807) is 18.2 Å². The number of carbonyl (C=O) groups excluding carboxylic acids is 1. The number of para-hydroxylation sites is 1. The van der Waals surface area contributed by atoms with E-state index >= 15 is 0 Å². The number of hydrazone groups is 1. The number of amides is 1. The lowest BCUT2D eigenvalue weighted by Crippen LogP contribution is -2.24. The highest BCUT2D eigenvalue weighted by molar-refractivity contribution is 7.99. The largest absolute Gasteiger partial charge is 0.460 e. The molecule has 4 rings (SSSR count). The van der Waals surface area contributed by atoms with Crippen LogP contribution in [0.4, 0.5) is 0 Å². The zero-order valence-electron chi connectivity index (χ0n) is 17.0. The summed E-state index contributed by atoms with van der Waals surface area (Å²) < 4.78 is 6.90. The predicted octanol–water partition coefficient (Wildman–Crippen LogP) is 3.84. The van der Waals surface area contributed by atoms with E-state index < -0.39 is 0 Å². The maximum atomic E-state index is 13.2. The van der Waals surface area contributed by atoms with Crippen molar-refractivity contribution in [2.45, 2.75) is 19.0 Å². The lowest BCUT2D eigenvalue weighted by Gasteiger charge is -2.13. The molecule has 7 nitrogen and oxygen atoms in total. The minimum absolute atomic E-state index is 0.0468. The van der Waals surface area contributed by atoms with E-state index in [2.05, 4.69) is 15.5 Å². The van der Waals surface area contributed by atoms with Gasteiger partial charge in [0, 0.05) is 0 Å². The molecule has 8 heteroatoms. The second kappa shape index (κ2) is 9.01. The first-order valence-corrected chi connectivity index (χ1v) is 10.6. The van der Waals surface area contributed by atoms with Gasteiger partial charge in [0.1, 0.15) is 11.5 Å². The van der Waals surface area contributed by atoms with E-state index in [1.807, 2.05) is 56.3 Å². The summed E-state index contributed by atoms with van der Waals surface area (Å²) in [6.07, 6.45) is 1.44. The van der Waals surface area contributed by atoms with Crippen LogP contribution in [0.3, 0.4) is 0 Å². The van der Waals surface area contributed by atoms with Crippen molar-refractivity contribution >= 4 is 34.8 Å². The van der Waals surface area contributed by atoms with Crippen LogP contribution in [-0.2, 0) is 4.79 Å².